The van der Waals surface area contributed by atoms with E-state index < -0.39 is 17.6 Å². The predicted molar refractivity (Wildman–Crippen MR) is 114 cm³/mol. The molecule has 0 fully saturated rings. The summed E-state index contributed by atoms with van der Waals surface area (Å²) in [5.41, 5.74) is 1.91. The molecule has 0 aliphatic heterocycles. The molecule has 2 aromatic heterocycles. The number of nitrogens with zero attached hydrogens (tertiary/aromatic N) is 5. The molecule has 1 N–H and O–H groups in total. The second kappa shape index (κ2) is 8.95. The van der Waals surface area contributed by atoms with Crippen LogP contribution in [0.1, 0.15) is 16.7 Å². The Balaban J connectivity index is 1.47. The highest BCUT2D eigenvalue weighted by Crippen LogP contribution is 2.34. The van der Waals surface area contributed by atoms with Crippen LogP contribution in [-0.4, -0.2) is 36.6 Å². The summed E-state index contributed by atoms with van der Waals surface area (Å²) in [6.07, 6.45) is -3.22. The number of anilines is 1. The maximum absolute atomic E-state index is 13.1. The molecular weight excluding hydrogens is 441 g/mol. The Morgan fingerprint density at radius 3 is 2.59 bits per heavy atom. The largest absolute Gasteiger partial charge is 0.418 e. The van der Waals surface area contributed by atoms with Crippen molar-refractivity contribution in [1.82, 2.24) is 25.0 Å². The van der Waals surface area contributed by atoms with Crippen LogP contribution in [-0.2, 0) is 17.5 Å². The molecule has 0 bridgehead atoms. The zero-order chi connectivity index (χ0) is 22.7. The molecule has 2 aromatic carbocycles. The normalized spacial score (nSPS) is 11.6. The highest BCUT2D eigenvalue weighted by atomic mass is 32.2. The Hall–Kier alpha value is -3.47. The number of benzene rings is 2. The number of nitrogens with one attached hydrogen (secondary N) is 1. The van der Waals surface area contributed by atoms with E-state index in [0.717, 1.165) is 29.0 Å². The molecule has 0 aliphatic carbocycles. The van der Waals surface area contributed by atoms with Gasteiger partial charge < -0.3 is 5.32 Å². The van der Waals surface area contributed by atoms with Gasteiger partial charge in [-0.15, -0.1) is 5.10 Å². The molecule has 4 rings (SSSR count). The zero-order valence-corrected chi connectivity index (χ0v) is 17.6. The highest BCUT2D eigenvalue weighted by Gasteiger charge is 2.33. The number of carbonyl (C=O) groups is 1. The lowest BCUT2D eigenvalue weighted by Crippen LogP contribution is -2.18. The second-order valence-electron chi connectivity index (χ2n) is 6.96. The molecule has 0 spiro atoms. The molecule has 0 saturated carbocycles. The van der Waals surface area contributed by atoms with E-state index in [1.54, 1.807) is 4.68 Å². The number of thioether (sulfide) groups is 1. The van der Waals surface area contributed by atoms with Crippen molar-refractivity contribution in [3.05, 3.63) is 71.5 Å². The van der Waals surface area contributed by atoms with Gasteiger partial charge in [0.1, 0.15) is 11.4 Å². The molecule has 164 valence electrons. The molecule has 0 aliphatic rings. The minimum Gasteiger partial charge on any atom is -0.325 e. The zero-order valence-electron chi connectivity index (χ0n) is 16.8. The molecule has 2 heterocycles. The maximum Gasteiger partial charge on any atom is 0.418 e. The number of fused-ring (bicyclic) bond motifs is 1. The summed E-state index contributed by atoms with van der Waals surface area (Å²) in [7, 11) is 0. The van der Waals surface area contributed by atoms with Gasteiger partial charge in [-0.05, 0) is 24.6 Å². The minimum absolute atomic E-state index is 0.150. The van der Waals surface area contributed by atoms with Gasteiger partial charge in [0.25, 0.3) is 0 Å². The molecule has 11 heteroatoms. The first-order chi connectivity index (χ1) is 15.3. The quantitative estimate of drug-likeness (QED) is 0.342. The number of alkyl halides is 3. The number of aromatic nitrogens is 5. The van der Waals surface area contributed by atoms with Crippen molar-refractivity contribution in [3.8, 4) is 0 Å². The number of rotatable bonds is 6. The fraction of sp³-hybridized carbons (Fsp3) is 0.190. The number of amides is 1. The third kappa shape index (κ3) is 4.88. The first kappa shape index (κ1) is 21.8. The maximum atomic E-state index is 13.1. The van der Waals surface area contributed by atoms with Gasteiger partial charge in [-0.25, -0.2) is 14.6 Å². The lowest BCUT2D eigenvalue weighted by molar-refractivity contribution is -0.137. The van der Waals surface area contributed by atoms with Crippen LogP contribution < -0.4 is 5.32 Å². The third-order valence-corrected chi connectivity index (χ3v) is 5.54. The number of aryl methyl sites for hydroxylation is 1. The van der Waals surface area contributed by atoms with E-state index in [-0.39, 0.29) is 11.4 Å². The van der Waals surface area contributed by atoms with E-state index in [0.29, 0.717) is 22.7 Å². The van der Waals surface area contributed by atoms with Crippen molar-refractivity contribution >= 4 is 34.5 Å². The van der Waals surface area contributed by atoms with Crippen molar-refractivity contribution in [2.45, 2.75) is 24.7 Å². The van der Waals surface area contributed by atoms with Crippen molar-refractivity contribution in [3.63, 3.8) is 0 Å². The fourth-order valence-corrected chi connectivity index (χ4v) is 3.74. The third-order valence-electron chi connectivity index (χ3n) is 4.57. The number of halogens is 3. The second-order valence-corrected chi connectivity index (χ2v) is 7.93. The molecule has 1 amide bonds. The van der Waals surface area contributed by atoms with Gasteiger partial charge in [-0.1, -0.05) is 58.9 Å². The molecule has 7 nitrogen and oxygen atoms in total. The summed E-state index contributed by atoms with van der Waals surface area (Å²) in [5, 5.41) is 11.0. The predicted octanol–water partition coefficient (Wildman–Crippen LogP) is 4.33. The summed E-state index contributed by atoms with van der Waals surface area (Å²) in [6, 6.07) is 12.8. The standard InChI is InChI=1S/C21H17F3N6OS/c1-13-6-8-14(9-7-13)10-30-19-18(28-29-30)20(26-12-25-19)32-11-17(31)27-16-5-3-2-4-15(16)21(22,23)24/h2-9,12H,10-11H2,1H3,(H,27,31). The smallest absolute Gasteiger partial charge is 0.325 e. The van der Waals surface area contributed by atoms with E-state index in [1.165, 1.54) is 24.5 Å². The first-order valence-corrected chi connectivity index (χ1v) is 10.5. The van der Waals surface area contributed by atoms with Gasteiger partial charge in [-0.2, -0.15) is 13.2 Å². The average Bonchev–Trinajstić information content (AvgIpc) is 3.17. The van der Waals surface area contributed by atoms with Crippen LogP contribution in [0.2, 0.25) is 0 Å². The summed E-state index contributed by atoms with van der Waals surface area (Å²) in [5.74, 6) is -0.742. The van der Waals surface area contributed by atoms with Crippen LogP contribution in [0.4, 0.5) is 18.9 Å². The summed E-state index contributed by atoms with van der Waals surface area (Å²) >= 11 is 1.05. The Kier molecular flexibility index (Phi) is 6.08. The van der Waals surface area contributed by atoms with Gasteiger partial charge in [0.15, 0.2) is 11.2 Å². The minimum atomic E-state index is -4.56. The molecule has 0 atom stereocenters. The Labute approximate surface area is 185 Å². The van der Waals surface area contributed by atoms with E-state index in [9.17, 15) is 18.0 Å². The van der Waals surface area contributed by atoms with Crippen LogP contribution in [0, 0.1) is 6.92 Å². The van der Waals surface area contributed by atoms with Gasteiger partial charge in [0, 0.05) is 0 Å². The molecule has 0 unspecified atom stereocenters. The molecule has 0 radical (unpaired) electrons. The molecule has 4 aromatic rings. The van der Waals surface area contributed by atoms with Crippen LogP contribution in [0.15, 0.2) is 59.9 Å². The topological polar surface area (TPSA) is 85.6 Å². The number of para-hydroxylation sites is 1. The van der Waals surface area contributed by atoms with Crippen molar-refractivity contribution in [2.75, 3.05) is 11.1 Å². The average molecular weight is 458 g/mol. The Morgan fingerprint density at radius 1 is 1.09 bits per heavy atom. The van der Waals surface area contributed by atoms with Crippen molar-refractivity contribution in [1.29, 1.82) is 0 Å². The number of hydrogen-bond acceptors (Lipinski definition) is 6. The monoisotopic (exact) mass is 458 g/mol. The summed E-state index contributed by atoms with van der Waals surface area (Å²) in [6.45, 7) is 2.47. The van der Waals surface area contributed by atoms with Crippen LogP contribution >= 0.6 is 11.8 Å². The fourth-order valence-electron chi connectivity index (χ4n) is 3.01. The van der Waals surface area contributed by atoms with Crippen molar-refractivity contribution < 1.29 is 18.0 Å². The number of hydrogen-bond donors (Lipinski definition) is 1. The SMILES string of the molecule is Cc1ccc(Cn2nnc3c(SCC(=O)Nc4ccccc4C(F)(F)F)ncnc32)cc1. The Bertz CT molecular complexity index is 1260. The molecule has 0 saturated heterocycles. The van der Waals surface area contributed by atoms with E-state index in [1.807, 2.05) is 31.2 Å². The van der Waals surface area contributed by atoms with E-state index >= 15 is 0 Å². The lowest BCUT2D eigenvalue weighted by Gasteiger charge is -2.13. The van der Waals surface area contributed by atoms with Gasteiger partial charge >= 0.3 is 6.18 Å². The van der Waals surface area contributed by atoms with Crippen LogP contribution in [0.25, 0.3) is 11.2 Å². The van der Waals surface area contributed by atoms with E-state index in [4.69, 9.17) is 0 Å². The molecular formula is C21H17F3N6OS. The lowest BCUT2D eigenvalue weighted by atomic mass is 10.1. The van der Waals surface area contributed by atoms with E-state index in [2.05, 4.69) is 25.6 Å². The van der Waals surface area contributed by atoms with Gasteiger partial charge in [0.2, 0.25) is 5.91 Å². The van der Waals surface area contributed by atoms with Crippen LogP contribution in [0.3, 0.4) is 0 Å². The summed E-state index contributed by atoms with van der Waals surface area (Å²) < 4.78 is 41.0. The van der Waals surface area contributed by atoms with Gasteiger partial charge in [-0.3, -0.25) is 4.79 Å². The van der Waals surface area contributed by atoms with Crippen LogP contribution in [0.5, 0.6) is 0 Å². The number of carbonyl (C=O) groups excluding carboxylic acids is 1. The van der Waals surface area contributed by atoms with Crippen molar-refractivity contribution in [2.24, 2.45) is 0 Å². The first-order valence-electron chi connectivity index (χ1n) is 9.50. The van der Waals surface area contributed by atoms with Gasteiger partial charge in [0.05, 0.1) is 23.5 Å². The Morgan fingerprint density at radius 2 is 1.84 bits per heavy atom. The summed E-state index contributed by atoms with van der Waals surface area (Å²) in [4.78, 5) is 20.7. The highest BCUT2D eigenvalue weighted by molar-refractivity contribution is 8.00. The molecule has 32 heavy (non-hydrogen) atoms.